The summed E-state index contributed by atoms with van der Waals surface area (Å²) in [4.78, 5) is 28.1. The lowest BCUT2D eigenvalue weighted by atomic mass is 9.98. The molecule has 0 unspecified atom stereocenters. The molecular weight excluding hydrogens is 462 g/mol. The van der Waals surface area contributed by atoms with Gasteiger partial charge in [-0.25, -0.2) is 4.79 Å². The maximum absolute atomic E-state index is 12.9. The Morgan fingerprint density at radius 3 is 2.43 bits per heavy atom. The zero-order chi connectivity index (χ0) is 25.9. The highest BCUT2D eigenvalue weighted by atomic mass is 16.5. The van der Waals surface area contributed by atoms with Crippen LogP contribution in [0.1, 0.15) is 35.1 Å². The van der Waals surface area contributed by atoms with Gasteiger partial charge in [0.15, 0.2) is 0 Å². The first-order valence-corrected chi connectivity index (χ1v) is 12.9. The van der Waals surface area contributed by atoms with Crippen LogP contribution in [-0.2, 0) is 17.6 Å². The number of fused-ring (bicyclic) bond motifs is 1. The van der Waals surface area contributed by atoms with E-state index in [2.05, 4.69) is 37.1 Å². The number of aryl methyl sites for hydroxylation is 2. The molecule has 0 amide bonds. The predicted octanol–water partition coefficient (Wildman–Crippen LogP) is 5.90. The van der Waals surface area contributed by atoms with E-state index < -0.39 is 5.63 Å². The normalized spacial score (nSPS) is 14.7. The molecule has 0 atom stereocenters. The van der Waals surface area contributed by atoms with Crippen LogP contribution in [0.2, 0.25) is 0 Å². The maximum atomic E-state index is 12.9. The summed E-state index contributed by atoms with van der Waals surface area (Å²) < 4.78 is 12.0. The van der Waals surface area contributed by atoms with Gasteiger partial charge in [-0.3, -0.25) is 4.79 Å². The summed E-state index contributed by atoms with van der Waals surface area (Å²) in [6.07, 6.45) is 2.43. The number of carbonyl (C=O) groups is 1. The second-order valence-electron chi connectivity index (χ2n) is 10.2. The van der Waals surface area contributed by atoms with Gasteiger partial charge < -0.3 is 14.1 Å². The van der Waals surface area contributed by atoms with E-state index in [0.717, 1.165) is 59.3 Å². The molecule has 5 nitrogen and oxygen atoms in total. The zero-order valence-electron chi connectivity index (χ0n) is 21.8. The highest BCUT2D eigenvalue weighted by molar-refractivity contribution is 5.86. The first-order valence-electron chi connectivity index (χ1n) is 12.9. The summed E-state index contributed by atoms with van der Waals surface area (Å²) in [6.45, 7) is 6.01. The van der Waals surface area contributed by atoms with Crippen LogP contribution in [0.3, 0.4) is 0 Å². The summed E-state index contributed by atoms with van der Waals surface area (Å²) in [5.41, 5.74) is 5.59. The first-order chi connectivity index (χ1) is 17.9. The topological polar surface area (TPSA) is 59.8 Å². The first kappa shape index (κ1) is 25.0. The molecule has 1 fully saturated rings. The van der Waals surface area contributed by atoms with Gasteiger partial charge in [0, 0.05) is 42.4 Å². The van der Waals surface area contributed by atoms with Crippen LogP contribution in [0.25, 0.3) is 22.1 Å². The van der Waals surface area contributed by atoms with Crippen molar-refractivity contribution in [2.24, 2.45) is 0 Å². The van der Waals surface area contributed by atoms with Gasteiger partial charge >= 0.3 is 5.63 Å². The van der Waals surface area contributed by atoms with E-state index >= 15 is 0 Å². The van der Waals surface area contributed by atoms with Crippen molar-refractivity contribution in [3.05, 3.63) is 99.4 Å². The van der Waals surface area contributed by atoms with Gasteiger partial charge in [0.2, 0.25) is 0 Å². The van der Waals surface area contributed by atoms with Crippen molar-refractivity contribution < 1.29 is 13.9 Å². The van der Waals surface area contributed by atoms with Crippen LogP contribution in [-0.4, -0.2) is 36.9 Å². The van der Waals surface area contributed by atoms with Crippen LogP contribution >= 0.6 is 0 Å². The largest absolute Gasteiger partial charge is 0.490 e. The Kier molecular flexibility index (Phi) is 7.24. The number of hydrogen-bond donors (Lipinski definition) is 0. The van der Waals surface area contributed by atoms with Gasteiger partial charge in [0.05, 0.1) is 0 Å². The number of rotatable bonds is 7. The number of Topliss-reactive ketones (excluding diaryl/α,β-unsaturated/α-hetero) is 1. The minimum absolute atomic E-state index is 0.0213. The van der Waals surface area contributed by atoms with E-state index in [1.54, 1.807) is 6.07 Å². The van der Waals surface area contributed by atoms with Crippen molar-refractivity contribution in [1.82, 2.24) is 4.90 Å². The highest BCUT2D eigenvalue weighted by Crippen LogP contribution is 2.29. The Bertz CT molecular complexity index is 1490. The molecule has 4 aromatic rings. The fourth-order valence-corrected chi connectivity index (χ4v) is 5.07. The molecule has 2 heterocycles. The molecule has 1 saturated heterocycles. The summed E-state index contributed by atoms with van der Waals surface area (Å²) in [7, 11) is 2.12. The van der Waals surface area contributed by atoms with Crippen LogP contribution in [0.4, 0.5) is 0 Å². The second kappa shape index (κ2) is 10.7. The number of hydrogen-bond acceptors (Lipinski definition) is 5. The van der Waals surface area contributed by atoms with Crippen LogP contribution in [0, 0.1) is 13.8 Å². The highest BCUT2D eigenvalue weighted by Gasteiger charge is 2.20. The number of piperidine rings is 1. The van der Waals surface area contributed by atoms with Gasteiger partial charge in [-0.1, -0.05) is 54.1 Å². The molecule has 0 bridgehead atoms. The number of likely N-dealkylation sites (tertiary alicyclic amines) is 1. The Morgan fingerprint density at radius 1 is 0.946 bits per heavy atom. The van der Waals surface area contributed by atoms with E-state index in [9.17, 15) is 9.59 Å². The molecule has 0 aliphatic carbocycles. The molecule has 0 radical (unpaired) electrons. The van der Waals surface area contributed by atoms with E-state index in [0.29, 0.717) is 11.1 Å². The average Bonchev–Trinajstić information content (AvgIpc) is 2.88. The van der Waals surface area contributed by atoms with Crippen LogP contribution in [0.5, 0.6) is 5.75 Å². The molecule has 0 spiro atoms. The molecule has 190 valence electrons. The predicted molar refractivity (Wildman–Crippen MR) is 147 cm³/mol. The van der Waals surface area contributed by atoms with Crippen molar-refractivity contribution in [1.29, 1.82) is 0 Å². The summed E-state index contributed by atoms with van der Waals surface area (Å²) >= 11 is 0. The van der Waals surface area contributed by atoms with E-state index in [1.807, 2.05) is 49.4 Å². The van der Waals surface area contributed by atoms with Crippen LogP contribution < -0.4 is 10.4 Å². The van der Waals surface area contributed by atoms with Gasteiger partial charge in [0.25, 0.3) is 0 Å². The Labute approximate surface area is 217 Å². The zero-order valence-corrected chi connectivity index (χ0v) is 21.8. The number of benzene rings is 3. The monoisotopic (exact) mass is 495 g/mol. The lowest BCUT2D eigenvalue weighted by Gasteiger charge is -2.29. The molecule has 1 aliphatic rings. The fraction of sp³-hybridized carbons (Fsp3) is 0.312. The van der Waals surface area contributed by atoms with Gasteiger partial charge in [0.1, 0.15) is 23.2 Å². The minimum Gasteiger partial charge on any atom is -0.490 e. The quantitative estimate of drug-likeness (QED) is 0.299. The fourth-order valence-electron chi connectivity index (χ4n) is 5.07. The van der Waals surface area contributed by atoms with Gasteiger partial charge in [-0.15, -0.1) is 0 Å². The number of ether oxygens (including phenoxy) is 1. The maximum Gasteiger partial charge on any atom is 0.339 e. The third-order valence-corrected chi connectivity index (χ3v) is 7.20. The lowest BCUT2D eigenvalue weighted by molar-refractivity contribution is -0.117. The molecule has 5 heteroatoms. The molecule has 1 aliphatic heterocycles. The van der Waals surface area contributed by atoms with Crippen LogP contribution in [0.15, 0.2) is 75.9 Å². The van der Waals surface area contributed by atoms with Crippen molar-refractivity contribution >= 4 is 16.8 Å². The molecule has 37 heavy (non-hydrogen) atoms. The molecule has 3 aromatic carbocycles. The Morgan fingerprint density at radius 2 is 1.68 bits per heavy atom. The van der Waals surface area contributed by atoms with Crippen molar-refractivity contribution in [3.8, 4) is 16.9 Å². The van der Waals surface area contributed by atoms with Crippen molar-refractivity contribution in [2.45, 2.75) is 45.6 Å². The molecule has 0 saturated carbocycles. The Balaban J connectivity index is 1.30. The standard InChI is InChI=1S/C32H33NO4/c1-21-6-4-8-24(16-21)25-9-5-7-23(17-25)18-28(34)20-27-19-26-10-11-30(22(2)31(26)37-32(27)35)36-29-12-14-33(3)15-13-29/h4-11,16-17,19,29H,12-15,18,20H2,1-3H3. The van der Waals surface area contributed by atoms with Crippen molar-refractivity contribution in [3.63, 3.8) is 0 Å². The minimum atomic E-state index is -0.464. The Hall–Kier alpha value is -3.70. The van der Waals surface area contributed by atoms with E-state index in [-0.39, 0.29) is 24.7 Å². The molecular formula is C32H33NO4. The number of carbonyl (C=O) groups excluding carboxylic acids is 1. The summed E-state index contributed by atoms with van der Waals surface area (Å²) in [6, 6.07) is 22.0. The van der Waals surface area contributed by atoms with Gasteiger partial charge in [-0.05, 0) is 68.6 Å². The lowest BCUT2D eigenvalue weighted by Crippen LogP contribution is -2.35. The second-order valence-corrected chi connectivity index (χ2v) is 10.2. The van der Waals surface area contributed by atoms with Crippen molar-refractivity contribution in [2.75, 3.05) is 20.1 Å². The number of ketones is 1. The third-order valence-electron chi connectivity index (χ3n) is 7.20. The number of nitrogens with zero attached hydrogens (tertiary/aromatic N) is 1. The van der Waals surface area contributed by atoms with E-state index in [4.69, 9.17) is 9.15 Å². The summed E-state index contributed by atoms with van der Waals surface area (Å²) in [5.74, 6) is 0.731. The smallest absolute Gasteiger partial charge is 0.339 e. The third kappa shape index (κ3) is 5.83. The molecule has 5 rings (SSSR count). The summed E-state index contributed by atoms with van der Waals surface area (Å²) in [5, 5.41) is 0.803. The average molecular weight is 496 g/mol. The molecule has 1 aromatic heterocycles. The van der Waals surface area contributed by atoms with Gasteiger partial charge in [-0.2, -0.15) is 0 Å². The van der Waals surface area contributed by atoms with E-state index in [1.165, 1.54) is 5.56 Å². The molecule has 0 N–H and O–H groups in total. The SMILES string of the molecule is Cc1cccc(-c2cccc(CC(=O)Cc3cc4ccc(OC5CCN(C)CC5)c(C)c4oc3=O)c2)c1.